The van der Waals surface area contributed by atoms with Crippen LogP contribution < -0.4 is 26.4 Å². The maximum Gasteiger partial charge on any atom is 0.284 e. The molecule has 14 heteroatoms. The largest absolute Gasteiger partial charge is 0.381 e. The van der Waals surface area contributed by atoms with Crippen LogP contribution in [0, 0.1) is 6.92 Å². The molecular formula is C31H37ClN10O3. The Morgan fingerprint density at radius 3 is 2.42 bits per heavy atom. The van der Waals surface area contributed by atoms with Crippen molar-refractivity contribution in [3.8, 4) is 17.1 Å². The van der Waals surface area contributed by atoms with Crippen molar-refractivity contribution in [1.29, 1.82) is 0 Å². The van der Waals surface area contributed by atoms with Gasteiger partial charge in [0.15, 0.2) is 11.6 Å². The number of para-hydroxylation sites is 1. The Labute approximate surface area is 266 Å². The molecule has 13 nitrogen and oxygen atoms in total. The lowest BCUT2D eigenvalue weighted by atomic mass is 10.0. The number of nitrogens with zero attached hydrogens (tertiary/aromatic N) is 8. The highest BCUT2D eigenvalue weighted by Crippen LogP contribution is 2.27. The molecule has 0 radical (unpaired) electrons. The highest BCUT2D eigenvalue weighted by molar-refractivity contribution is 6.32. The van der Waals surface area contributed by atoms with Gasteiger partial charge in [-0.2, -0.15) is 0 Å². The molecule has 4 aromatic rings. The normalized spacial score (nSPS) is 19.1. The van der Waals surface area contributed by atoms with Gasteiger partial charge < -0.3 is 25.6 Å². The number of anilines is 3. The highest BCUT2D eigenvalue weighted by atomic mass is 35.5. The summed E-state index contributed by atoms with van der Waals surface area (Å²) in [4.78, 5) is 49.5. The van der Waals surface area contributed by atoms with E-state index in [1.807, 2.05) is 13.8 Å². The Morgan fingerprint density at radius 2 is 1.71 bits per heavy atom. The third-order valence-corrected chi connectivity index (χ3v) is 8.72. The van der Waals surface area contributed by atoms with Crippen molar-refractivity contribution in [3.63, 3.8) is 0 Å². The molecule has 0 bridgehead atoms. The van der Waals surface area contributed by atoms with Crippen molar-refractivity contribution >= 4 is 35.0 Å². The molecule has 2 aliphatic heterocycles. The first-order valence-electron chi connectivity index (χ1n) is 15.0. The fourth-order valence-corrected chi connectivity index (χ4v) is 6.31. The van der Waals surface area contributed by atoms with Gasteiger partial charge in [-0.3, -0.25) is 19.3 Å². The van der Waals surface area contributed by atoms with E-state index >= 15 is 0 Å². The number of nitrogens with one attached hydrogen (secondary N) is 1. The standard InChI is InChI=1S/C31H37ClN10O3/c1-18-16-41(17-19(2)45-18)26-15-34-13-23(37-26)24-14-35-28(33)29(38-24)40-11-9-21(10-12-40)36-30(43)27-20(3)39(4)42(31(27)44)25-8-6-5-7-22(25)32/h5-8,13-15,18-19,21H,9-12,16-17H2,1-4H3,(H2,33,35)(H,36,43)/t18-,19+. The fraction of sp³-hybridized carbons (Fsp3) is 0.419. The lowest BCUT2D eigenvalue weighted by molar-refractivity contribution is -0.00547. The number of nitrogens with two attached hydrogens (primary N) is 1. The molecule has 0 saturated carbocycles. The van der Waals surface area contributed by atoms with Gasteiger partial charge in [0.2, 0.25) is 0 Å². The summed E-state index contributed by atoms with van der Waals surface area (Å²) < 4.78 is 8.93. The van der Waals surface area contributed by atoms with Crippen molar-refractivity contribution in [2.75, 3.05) is 41.7 Å². The number of rotatable bonds is 6. The van der Waals surface area contributed by atoms with E-state index in [1.54, 1.807) is 61.5 Å². The van der Waals surface area contributed by atoms with Crippen LogP contribution in [0.15, 0.2) is 47.7 Å². The Balaban J connectivity index is 1.14. The van der Waals surface area contributed by atoms with Crippen LogP contribution in [0.2, 0.25) is 5.02 Å². The number of piperidine rings is 1. The smallest absolute Gasteiger partial charge is 0.284 e. The van der Waals surface area contributed by atoms with Gasteiger partial charge in [-0.25, -0.2) is 19.6 Å². The van der Waals surface area contributed by atoms with E-state index in [0.29, 0.717) is 65.4 Å². The van der Waals surface area contributed by atoms with Crippen LogP contribution >= 0.6 is 11.6 Å². The van der Waals surface area contributed by atoms with Gasteiger partial charge in [0.1, 0.15) is 22.8 Å². The molecule has 0 spiro atoms. The second-order valence-electron chi connectivity index (χ2n) is 11.7. The van der Waals surface area contributed by atoms with Gasteiger partial charge in [-0.15, -0.1) is 0 Å². The maximum absolute atomic E-state index is 13.4. The van der Waals surface area contributed by atoms with E-state index in [2.05, 4.69) is 25.1 Å². The molecule has 45 heavy (non-hydrogen) atoms. The first-order valence-corrected chi connectivity index (χ1v) is 15.4. The van der Waals surface area contributed by atoms with E-state index < -0.39 is 11.5 Å². The minimum Gasteiger partial charge on any atom is -0.381 e. The number of amides is 1. The lowest BCUT2D eigenvalue weighted by Gasteiger charge is -2.36. The number of hydrogen-bond donors (Lipinski definition) is 2. The van der Waals surface area contributed by atoms with E-state index in [9.17, 15) is 9.59 Å². The van der Waals surface area contributed by atoms with Crippen LogP contribution in [0.4, 0.5) is 17.5 Å². The minimum absolute atomic E-state index is 0.0960. The molecule has 0 unspecified atom stereocenters. The number of aromatic nitrogens is 6. The molecule has 6 rings (SSSR count). The quantitative estimate of drug-likeness (QED) is 0.325. The van der Waals surface area contributed by atoms with Crippen LogP contribution in [-0.4, -0.2) is 79.6 Å². The average molecular weight is 633 g/mol. The molecule has 2 atom stereocenters. The van der Waals surface area contributed by atoms with E-state index in [0.717, 1.165) is 18.9 Å². The zero-order valence-corrected chi connectivity index (χ0v) is 26.5. The van der Waals surface area contributed by atoms with Crippen molar-refractivity contribution in [2.24, 2.45) is 7.05 Å². The molecule has 2 saturated heterocycles. The molecule has 2 fully saturated rings. The topological polar surface area (TPSA) is 149 Å². The summed E-state index contributed by atoms with van der Waals surface area (Å²) in [5.74, 6) is 1.25. The number of benzene rings is 1. The molecule has 3 aromatic heterocycles. The van der Waals surface area contributed by atoms with Gasteiger partial charge in [-0.05, 0) is 45.7 Å². The van der Waals surface area contributed by atoms with Crippen LogP contribution in [-0.2, 0) is 11.8 Å². The van der Waals surface area contributed by atoms with Gasteiger partial charge in [0.25, 0.3) is 11.5 Å². The van der Waals surface area contributed by atoms with Crippen molar-refractivity contribution in [3.05, 3.63) is 69.5 Å². The number of morpholine rings is 1. The predicted molar refractivity (Wildman–Crippen MR) is 173 cm³/mol. The Morgan fingerprint density at radius 1 is 1.02 bits per heavy atom. The molecule has 3 N–H and O–H groups in total. The van der Waals surface area contributed by atoms with Crippen molar-refractivity contribution in [2.45, 2.75) is 51.9 Å². The fourth-order valence-electron chi connectivity index (χ4n) is 6.10. The molecular weight excluding hydrogens is 596 g/mol. The highest BCUT2D eigenvalue weighted by Gasteiger charge is 2.28. The molecule has 1 amide bonds. The summed E-state index contributed by atoms with van der Waals surface area (Å²) in [7, 11) is 1.74. The van der Waals surface area contributed by atoms with Crippen LogP contribution in [0.1, 0.15) is 42.7 Å². The molecule has 2 aliphatic rings. The van der Waals surface area contributed by atoms with E-state index in [4.69, 9.17) is 32.0 Å². The summed E-state index contributed by atoms with van der Waals surface area (Å²) >= 11 is 6.36. The van der Waals surface area contributed by atoms with Gasteiger partial charge in [-0.1, -0.05) is 23.7 Å². The van der Waals surface area contributed by atoms with Gasteiger partial charge in [0.05, 0.1) is 47.2 Å². The Bertz CT molecular complexity index is 1770. The molecule has 0 aliphatic carbocycles. The second-order valence-corrected chi connectivity index (χ2v) is 12.1. The van der Waals surface area contributed by atoms with E-state index in [1.165, 1.54) is 4.68 Å². The zero-order chi connectivity index (χ0) is 31.8. The second kappa shape index (κ2) is 12.5. The first-order chi connectivity index (χ1) is 21.6. The Kier molecular flexibility index (Phi) is 8.47. The minimum atomic E-state index is -0.414. The number of ether oxygens (including phenoxy) is 1. The van der Waals surface area contributed by atoms with Crippen LogP contribution in [0.3, 0.4) is 0 Å². The summed E-state index contributed by atoms with van der Waals surface area (Å²) in [6.07, 6.45) is 6.52. The van der Waals surface area contributed by atoms with Crippen LogP contribution in [0.25, 0.3) is 17.1 Å². The van der Waals surface area contributed by atoms with Crippen LogP contribution in [0.5, 0.6) is 0 Å². The van der Waals surface area contributed by atoms with E-state index in [-0.39, 0.29) is 23.8 Å². The number of nitrogen functional groups attached to an aromatic ring is 1. The summed E-state index contributed by atoms with van der Waals surface area (Å²) in [6.45, 7) is 8.51. The number of carbonyl (C=O) groups excluding carboxylic acids is 1. The number of halogens is 1. The number of carbonyl (C=O) groups is 1. The monoisotopic (exact) mass is 632 g/mol. The third-order valence-electron chi connectivity index (χ3n) is 8.40. The summed E-state index contributed by atoms with van der Waals surface area (Å²) in [6, 6.07) is 6.93. The average Bonchev–Trinajstić information content (AvgIpc) is 3.24. The van der Waals surface area contributed by atoms with Crippen molar-refractivity contribution in [1.82, 2.24) is 34.6 Å². The SMILES string of the molecule is Cc1c(C(=O)NC2CCN(c3nc(-c4cncc(N5C[C@@H](C)O[C@@H](C)C5)n4)cnc3N)CC2)c(=O)n(-c2ccccc2Cl)n1C. The molecule has 1 aromatic carbocycles. The first kappa shape index (κ1) is 30.5. The van der Waals surface area contributed by atoms with Crippen molar-refractivity contribution < 1.29 is 9.53 Å². The maximum atomic E-state index is 13.4. The van der Waals surface area contributed by atoms with Gasteiger partial charge in [0, 0.05) is 39.3 Å². The molecule has 236 valence electrons. The Hall–Kier alpha value is -4.49. The zero-order valence-electron chi connectivity index (χ0n) is 25.8. The third kappa shape index (κ3) is 6.09. The van der Waals surface area contributed by atoms with Gasteiger partial charge >= 0.3 is 0 Å². The molecule has 5 heterocycles. The lowest BCUT2D eigenvalue weighted by Crippen LogP contribution is -2.46. The summed E-state index contributed by atoms with van der Waals surface area (Å²) in [5, 5.41) is 3.49. The summed E-state index contributed by atoms with van der Waals surface area (Å²) in [5.41, 5.74) is 8.23. The number of hydrogen-bond acceptors (Lipinski definition) is 10. The predicted octanol–water partition coefficient (Wildman–Crippen LogP) is 2.98.